The molecule has 0 atom stereocenters. The van der Waals surface area contributed by atoms with Gasteiger partial charge in [-0.25, -0.2) is 0 Å². The lowest BCUT2D eigenvalue weighted by atomic mass is 10.0. The van der Waals surface area contributed by atoms with Crippen molar-refractivity contribution in [3.05, 3.63) is 52.3 Å². The van der Waals surface area contributed by atoms with E-state index in [0.717, 1.165) is 15.6 Å². The summed E-state index contributed by atoms with van der Waals surface area (Å²) in [7, 11) is 1.40. The summed E-state index contributed by atoms with van der Waals surface area (Å²) in [4.78, 5) is 11.3. The zero-order valence-corrected chi connectivity index (χ0v) is 11.6. The summed E-state index contributed by atoms with van der Waals surface area (Å²) < 4.78 is 7.45. The minimum Gasteiger partial charge on any atom is -0.469 e. The fraction of sp³-hybridized carbons (Fsp3) is 0.231. The number of hydrogen-bond acceptors (Lipinski definition) is 3. The molecule has 0 unspecified atom stereocenters. The number of hydrogen-bond donors (Lipinski definition) is 0. The molecule has 2 aromatic rings. The van der Waals surface area contributed by atoms with Crippen LogP contribution in [0.4, 0.5) is 0 Å². The van der Waals surface area contributed by atoms with Crippen LogP contribution >= 0.6 is 15.9 Å². The molecule has 0 spiro atoms. The monoisotopic (exact) mass is 308 g/mol. The smallest absolute Gasteiger partial charge is 0.309 e. The number of benzene rings is 1. The van der Waals surface area contributed by atoms with Crippen molar-refractivity contribution in [2.24, 2.45) is 0 Å². The Hall–Kier alpha value is -1.62. The molecule has 4 nitrogen and oxygen atoms in total. The Balaban J connectivity index is 2.19. The number of carbonyl (C=O) groups is 1. The van der Waals surface area contributed by atoms with Crippen LogP contribution in [-0.2, 0) is 22.5 Å². The molecular weight excluding hydrogens is 296 g/mol. The molecule has 0 radical (unpaired) electrons. The number of esters is 1. The normalized spacial score (nSPS) is 10.3. The van der Waals surface area contributed by atoms with Crippen molar-refractivity contribution in [3.63, 3.8) is 0 Å². The van der Waals surface area contributed by atoms with Gasteiger partial charge in [-0.3, -0.25) is 9.48 Å². The number of methoxy groups -OCH3 is 1. The van der Waals surface area contributed by atoms with Crippen molar-refractivity contribution in [2.75, 3.05) is 7.11 Å². The molecule has 1 heterocycles. The molecule has 0 aliphatic heterocycles. The van der Waals surface area contributed by atoms with Crippen molar-refractivity contribution in [1.29, 1.82) is 0 Å². The van der Waals surface area contributed by atoms with Gasteiger partial charge in [0.1, 0.15) is 0 Å². The van der Waals surface area contributed by atoms with Crippen LogP contribution in [0.15, 0.2) is 41.1 Å². The van der Waals surface area contributed by atoms with E-state index in [0.29, 0.717) is 6.54 Å². The molecular formula is C13H13BrN2O2. The first-order valence-corrected chi connectivity index (χ1v) is 6.30. The number of rotatable bonds is 4. The predicted molar refractivity (Wildman–Crippen MR) is 71.2 cm³/mol. The Bertz CT molecular complexity index is 551. The van der Waals surface area contributed by atoms with Crippen molar-refractivity contribution in [3.8, 4) is 0 Å². The number of halogens is 1. The van der Waals surface area contributed by atoms with Gasteiger partial charge in [-0.05, 0) is 27.1 Å². The van der Waals surface area contributed by atoms with Gasteiger partial charge in [0.25, 0.3) is 0 Å². The number of carbonyl (C=O) groups excluding carboxylic acids is 1. The summed E-state index contributed by atoms with van der Waals surface area (Å²) >= 11 is 3.36. The van der Waals surface area contributed by atoms with E-state index in [-0.39, 0.29) is 12.4 Å². The van der Waals surface area contributed by atoms with Gasteiger partial charge in [0.05, 0.1) is 30.7 Å². The molecule has 0 aliphatic carbocycles. The zero-order valence-electron chi connectivity index (χ0n) is 9.97. The van der Waals surface area contributed by atoms with Crippen molar-refractivity contribution >= 4 is 21.9 Å². The Morgan fingerprint density at radius 3 is 2.72 bits per heavy atom. The molecule has 1 aromatic carbocycles. The maximum atomic E-state index is 11.3. The molecule has 94 valence electrons. The summed E-state index contributed by atoms with van der Waals surface area (Å²) in [6, 6.07) is 7.80. The van der Waals surface area contributed by atoms with E-state index < -0.39 is 0 Å². The standard InChI is InChI=1S/C13H13BrN2O2/c1-18-13(17)6-10-4-2-3-5-11(10)8-16-9-12(14)7-15-16/h2-5,7,9H,6,8H2,1H3. The first kappa shape index (κ1) is 12.8. The molecule has 0 bridgehead atoms. The topological polar surface area (TPSA) is 44.1 Å². The third kappa shape index (κ3) is 3.20. The SMILES string of the molecule is COC(=O)Cc1ccccc1Cn1cc(Br)cn1. The first-order valence-electron chi connectivity index (χ1n) is 5.50. The summed E-state index contributed by atoms with van der Waals surface area (Å²) in [5.74, 6) is -0.232. The van der Waals surface area contributed by atoms with E-state index in [4.69, 9.17) is 4.74 Å². The van der Waals surface area contributed by atoms with Crippen molar-refractivity contribution in [1.82, 2.24) is 9.78 Å². The summed E-state index contributed by atoms with van der Waals surface area (Å²) in [5.41, 5.74) is 2.04. The van der Waals surface area contributed by atoms with Gasteiger partial charge < -0.3 is 4.74 Å². The van der Waals surface area contributed by atoms with Crippen LogP contribution in [0.1, 0.15) is 11.1 Å². The number of ether oxygens (including phenoxy) is 1. The van der Waals surface area contributed by atoms with Gasteiger partial charge >= 0.3 is 5.97 Å². The highest BCUT2D eigenvalue weighted by Gasteiger charge is 2.08. The minimum atomic E-state index is -0.232. The lowest BCUT2D eigenvalue weighted by Crippen LogP contribution is -2.09. The van der Waals surface area contributed by atoms with Crippen LogP contribution in [0, 0.1) is 0 Å². The van der Waals surface area contributed by atoms with Crippen molar-refractivity contribution < 1.29 is 9.53 Å². The molecule has 18 heavy (non-hydrogen) atoms. The second-order valence-electron chi connectivity index (χ2n) is 3.88. The van der Waals surface area contributed by atoms with Crippen LogP contribution in [-0.4, -0.2) is 22.9 Å². The maximum absolute atomic E-state index is 11.3. The van der Waals surface area contributed by atoms with Gasteiger partial charge in [-0.2, -0.15) is 5.10 Å². The Morgan fingerprint density at radius 1 is 1.39 bits per heavy atom. The quantitative estimate of drug-likeness (QED) is 0.815. The molecule has 1 aromatic heterocycles. The van der Waals surface area contributed by atoms with E-state index >= 15 is 0 Å². The average Bonchev–Trinajstić information content (AvgIpc) is 2.77. The first-order chi connectivity index (χ1) is 8.69. The Kier molecular flexibility index (Phi) is 4.15. The molecule has 0 amide bonds. The summed E-state index contributed by atoms with van der Waals surface area (Å²) in [5, 5.41) is 4.21. The highest BCUT2D eigenvalue weighted by Crippen LogP contribution is 2.13. The van der Waals surface area contributed by atoms with Crippen LogP contribution in [0.2, 0.25) is 0 Å². The molecule has 2 rings (SSSR count). The van der Waals surface area contributed by atoms with Crippen LogP contribution in [0.5, 0.6) is 0 Å². The Labute approximate surface area is 114 Å². The Morgan fingerprint density at radius 2 is 2.11 bits per heavy atom. The van der Waals surface area contributed by atoms with Crippen LogP contribution in [0.25, 0.3) is 0 Å². The van der Waals surface area contributed by atoms with E-state index in [1.165, 1.54) is 7.11 Å². The molecule has 0 saturated heterocycles. The third-order valence-corrected chi connectivity index (χ3v) is 3.02. The molecule has 0 N–H and O–H groups in total. The van der Waals surface area contributed by atoms with Gasteiger partial charge in [0.2, 0.25) is 0 Å². The fourth-order valence-electron chi connectivity index (χ4n) is 1.71. The maximum Gasteiger partial charge on any atom is 0.309 e. The van der Waals surface area contributed by atoms with Gasteiger partial charge in [0.15, 0.2) is 0 Å². The largest absolute Gasteiger partial charge is 0.469 e. The summed E-state index contributed by atoms with van der Waals surface area (Å²) in [6.07, 6.45) is 3.92. The highest BCUT2D eigenvalue weighted by atomic mass is 79.9. The molecule has 5 heteroatoms. The fourth-order valence-corrected chi connectivity index (χ4v) is 2.04. The van der Waals surface area contributed by atoms with E-state index in [1.54, 1.807) is 6.20 Å². The van der Waals surface area contributed by atoms with E-state index in [9.17, 15) is 4.79 Å². The average molecular weight is 309 g/mol. The minimum absolute atomic E-state index is 0.232. The summed E-state index contributed by atoms with van der Waals surface area (Å²) in [6.45, 7) is 0.638. The lowest BCUT2D eigenvalue weighted by Gasteiger charge is -2.08. The number of aromatic nitrogens is 2. The molecule has 0 aliphatic rings. The predicted octanol–water partition coefficient (Wildman–Crippen LogP) is 2.41. The van der Waals surface area contributed by atoms with Gasteiger partial charge in [-0.15, -0.1) is 0 Å². The second kappa shape index (κ2) is 5.82. The zero-order chi connectivity index (χ0) is 13.0. The second-order valence-corrected chi connectivity index (χ2v) is 4.79. The molecule has 0 fully saturated rings. The highest BCUT2D eigenvalue weighted by molar-refractivity contribution is 9.10. The van der Waals surface area contributed by atoms with Gasteiger partial charge in [-0.1, -0.05) is 24.3 Å². The van der Waals surface area contributed by atoms with E-state index in [1.807, 2.05) is 35.1 Å². The third-order valence-electron chi connectivity index (χ3n) is 2.61. The van der Waals surface area contributed by atoms with Crippen LogP contribution in [0.3, 0.4) is 0 Å². The lowest BCUT2D eigenvalue weighted by molar-refractivity contribution is -0.139. The number of nitrogens with zero attached hydrogens (tertiary/aromatic N) is 2. The van der Waals surface area contributed by atoms with E-state index in [2.05, 4.69) is 21.0 Å². The van der Waals surface area contributed by atoms with Gasteiger partial charge in [0, 0.05) is 6.20 Å². The van der Waals surface area contributed by atoms with Crippen LogP contribution < -0.4 is 0 Å². The van der Waals surface area contributed by atoms with Crippen molar-refractivity contribution in [2.45, 2.75) is 13.0 Å². The molecule has 0 saturated carbocycles.